The molecule has 2 unspecified atom stereocenters. The van der Waals surface area contributed by atoms with Gasteiger partial charge in [0.25, 0.3) is 0 Å². The Morgan fingerprint density at radius 1 is 1.13 bits per heavy atom. The lowest BCUT2D eigenvalue weighted by Crippen LogP contribution is -2.50. The number of hydrogen-bond donors (Lipinski definition) is 1. The molecule has 1 aliphatic heterocycles. The van der Waals surface area contributed by atoms with E-state index in [0.29, 0.717) is 11.6 Å². The van der Waals surface area contributed by atoms with Crippen LogP contribution in [0.25, 0.3) is 0 Å². The first-order valence-electron chi connectivity index (χ1n) is 7.90. The average molecular weight is 309 g/mol. The number of rotatable bonds is 3. The van der Waals surface area contributed by atoms with Gasteiger partial charge in [0.15, 0.2) is 0 Å². The molecule has 1 saturated heterocycles. The van der Waals surface area contributed by atoms with Gasteiger partial charge in [-0.05, 0) is 42.3 Å². The molecule has 1 aliphatic rings. The summed E-state index contributed by atoms with van der Waals surface area (Å²) >= 11 is 0. The predicted octanol–water partition coefficient (Wildman–Crippen LogP) is 3.08. The molecule has 1 N–H and O–H groups in total. The second-order valence-electron chi connectivity index (χ2n) is 6.04. The highest BCUT2D eigenvalue weighted by atomic mass is 19.1. The van der Waals surface area contributed by atoms with E-state index in [1.54, 1.807) is 0 Å². The summed E-state index contributed by atoms with van der Waals surface area (Å²) < 4.78 is 13.3. The van der Waals surface area contributed by atoms with Crippen molar-refractivity contribution in [1.82, 2.24) is 10.2 Å². The van der Waals surface area contributed by atoms with Crippen LogP contribution < -0.4 is 5.32 Å². The maximum atomic E-state index is 13.3. The lowest BCUT2D eigenvalue weighted by atomic mass is 9.95. The van der Waals surface area contributed by atoms with Crippen LogP contribution in [-0.2, 0) is 0 Å². The summed E-state index contributed by atoms with van der Waals surface area (Å²) in [5.41, 5.74) is 2.86. The first kappa shape index (κ1) is 15.7. The van der Waals surface area contributed by atoms with Crippen LogP contribution in [0, 0.1) is 17.1 Å². The van der Waals surface area contributed by atoms with Gasteiger partial charge in [-0.25, -0.2) is 4.39 Å². The molecule has 2 atom stereocenters. The summed E-state index contributed by atoms with van der Waals surface area (Å²) in [6.07, 6.45) is 0. The van der Waals surface area contributed by atoms with Gasteiger partial charge in [-0.15, -0.1) is 0 Å². The summed E-state index contributed by atoms with van der Waals surface area (Å²) in [6, 6.07) is 17.1. The number of hydrogen-bond acceptors (Lipinski definition) is 3. The standard InChI is InChI=1S/C19H20FN3/c1-14-13-23(11-10-22-14)19(17-6-8-18(20)9-7-17)16-4-2-15(12-21)3-5-16/h2-9,14,19,22H,10-11,13H2,1H3. The van der Waals surface area contributed by atoms with Gasteiger partial charge in [0.05, 0.1) is 17.7 Å². The second kappa shape index (κ2) is 6.91. The van der Waals surface area contributed by atoms with Crippen molar-refractivity contribution >= 4 is 0 Å². The van der Waals surface area contributed by atoms with Crippen molar-refractivity contribution in [3.8, 4) is 6.07 Å². The highest BCUT2D eigenvalue weighted by Gasteiger charge is 2.26. The Hall–Kier alpha value is -2.22. The molecular weight excluding hydrogens is 289 g/mol. The fourth-order valence-electron chi connectivity index (χ4n) is 3.20. The van der Waals surface area contributed by atoms with Gasteiger partial charge in [-0.3, -0.25) is 4.90 Å². The topological polar surface area (TPSA) is 39.1 Å². The zero-order chi connectivity index (χ0) is 16.2. The predicted molar refractivity (Wildman–Crippen MR) is 88.4 cm³/mol. The first-order valence-corrected chi connectivity index (χ1v) is 7.90. The minimum absolute atomic E-state index is 0.0768. The van der Waals surface area contributed by atoms with E-state index < -0.39 is 0 Å². The van der Waals surface area contributed by atoms with Gasteiger partial charge in [0, 0.05) is 25.7 Å². The summed E-state index contributed by atoms with van der Waals surface area (Å²) in [7, 11) is 0. The summed E-state index contributed by atoms with van der Waals surface area (Å²) in [6.45, 7) is 4.98. The molecule has 0 radical (unpaired) electrons. The molecule has 0 bridgehead atoms. The number of benzene rings is 2. The zero-order valence-electron chi connectivity index (χ0n) is 13.2. The first-order chi connectivity index (χ1) is 11.2. The SMILES string of the molecule is CC1CN(C(c2ccc(F)cc2)c2ccc(C#N)cc2)CCN1. The molecule has 3 rings (SSSR count). The fraction of sp³-hybridized carbons (Fsp3) is 0.316. The molecule has 0 saturated carbocycles. The third-order valence-corrected chi connectivity index (χ3v) is 4.31. The molecular formula is C19H20FN3. The van der Waals surface area contributed by atoms with Crippen LogP contribution in [0.3, 0.4) is 0 Å². The average Bonchev–Trinajstić information content (AvgIpc) is 2.58. The summed E-state index contributed by atoms with van der Waals surface area (Å²) in [5.74, 6) is -0.221. The Balaban J connectivity index is 1.98. The number of nitrogens with zero attached hydrogens (tertiary/aromatic N) is 2. The van der Waals surface area contributed by atoms with Crippen LogP contribution in [0.5, 0.6) is 0 Å². The van der Waals surface area contributed by atoms with E-state index in [1.165, 1.54) is 12.1 Å². The molecule has 0 aliphatic carbocycles. The van der Waals surface area contributed by atoms with Crippen LogP contribution in [0.1, 0.15) is 29.7 Å². The van der Waals surface area contributed by atoms with E-state index in [2.05, 4.69) is 23.2 Å². The number of halogens is 1. The largest absolute Gasteiger partial charge is 0.312 e. The van der Waals surface area contributed by atoms with Crippen LogP contribution in [-0.4, -0.2) is 30.6 Å². The van der Waals surface area contributed by atoms with Crippen LogP contribution in [0.15, 0.2) is 48.5 Å². The molecule has 2 aromatic rings. The van der Waals surface area contributed by atoms with Crippen molar-refractivity contribution in [3.05, 3.63) is 71.0 Å². The lowest BCUT2D eigenvalue weighted by molar-refractivity contribution is 0.170. The third-order valence-electron chi connectivity index (χ3n) is 4.31. The van der Waals surface area contributed by atoms with E-state index in [1.807, 2.05) is 36.4 Å². The molecule has 2 aromatic carbocycles. The smallest absolute Gasteiger partial charge is 0.123 e. The highest BCUT2D eigenvalue weighted by molar-refractivity contribution is 5.37. The van der Waals surface area contributed by atoms with E-state index in [9.17, 15) is 4.39 Å². The van der Waals surface area contributed by atoms with Gasteiger partial charge < -0.3 is 5.32 Å². The van der Waals surface area contributed by atoms with Crippen molar-refractivity contribution in [2.75, 3.05) is 19.6 Å². The Morgan fingerprint density at radius 3 is 2.30 bits per heavy atom. The molecule has 4 heteroatoms. The Labute approximate surface area is 136 Å². The van der Waals surface area contributed by atoms with Crippen molar-refractivity contribution in [2.45, 2.75) is 19.0 Å². The van der Waals surface area contributed by atoms with Gasteiger partial charge in [-0.1, -0.05) is 24.3 Å². The van der Waals surface area contributed by atoms with Gasteiger partial charge in [-0.2, -0.15) is 5.26 Å². The zero-order valence-corrected chi connectivity index (χ0v) is 13.2. The Kier molecular flexibility index (Phi) is 4.71. The molecule has 118 valence electrons. The monoisotopic (exact) mass is 309 g/mol. The summed E-state index contributed by atoms with van der Waals surface area (Å²) in [5, 5.41) is 12.4. The van der Waals surface area contributed by atoms with Crippen molar-refractivity contribution < 1.29 is 4.39 Å². The van der Waals surface area contributed by atoms with Gasteiger partial charge >= 0.3 is 0 Å². The minimum Gasteiger partial charge on any atom is -0.312 e. The highest BCUT2D eigenvalue weighted by Crippen LogP contribution is 2.30. The molecule has 0 spiro atoms. The van der Waals surface area contributed by atoms with Gasteiger partial charge in [0.1, 0.15) is 5.82 Å². The van der Waals surface area contributed by atoms with Gasteiger partial charge in [0.2, 0.25) is 0 Å². The van der Waals surface area contributed by atoms with E-state index in [4.69, 9.17) is 5.26 Å². The Morgan fingerprint density at radius 2 is 1.74 bits per heavy atom. The lowest BCUT2D eigenvalue weighted by Gasteiger charge is -2.38. The Bertz CT molecular complexity index is 688. The maximum absolute atomic E-state index is 13.3. The minimum atomic E-state index is -0.221. The molecule has 0 aromatic heterocycles. The number of nitrogens with one attached hydrogen (secondary N) is 1. The molecule has 1 fully saturated rings. The third kappa shape index (κ3) is 3.58. The van der Waals surface area contributed by atoms with Crippen LogP contribution in [0.4, 0.5) is 4.39 Å². The maximum Gasteiger partial charge on any atom is 0.123 e. The number of piperazine rings is 1. The normalized spacial score (nSPS) is 20.0. The molecule has 3 nitrogen and oxygen atoms in total. The number of nitriles is 1. The fourth-order valence-corrected chi connectivity index (χ4v) is 3.20. The van der Waals surface area contributed by atoms with E-state index >= 15 is 0 Å². The second-order valence-corrected chi connectivity index (χ2v) is 6.04. The van der Waals surface area contributed by atoms with E-state index in [-0.39, 0.29) is 11.9 Å². The molecule has 0 amide bonds. The summed E-state index contributed by atoms with van der Waals surface area (Å²) in [4.78, 5) is 2.41. The quantitative estimate of drug-likeness (QED) is 0.947. The van der Waals surface area contributed by atoms with E-state index in [0.717, 1.165) is 30.8 Å². The molecule has 1 heterocycles. The van der Waals surface area contributed by atoms with Crippen molar-refractivity contribution in [1.29, 1.82) is 5.26 Å². The van der Waals surface area contributed by atoms with Crippen molar-refractivity contribution in [2.24, 2.45) is 0 Å². The van der Waals surface area contributed by atoms with Crippen LogP contribution >= 0.6 is 0 Å². The van der Waals surface area contributed by atoms with Crippen molar-refractivity contribution in [3.63, 3.8) is 0 Å². The molecule has 23 heavy (non-hydrogen) atoms. The van der Waals surface area contributed by atoms with Crippen LogP contribution in [0.2, 0.25) is 0 Å².